The van der Waals surface area contributed by atoms with Gasteiger partial charge in [0.15, 0.2) is 0 Å². The van der Waals surface area contributed by atoms with E-state index in [1.165, 1.54) is 22.3 Å². The number of unbranched alkanes of at least 4 members (excludes halogenated alkanes) is 1. The molecule has 0 saturated heterocycles. The Morgan fingerprint density at radius 1 is 0.857 bits per heavy atom. The molecule has 0 heterocycles. The number of carbonyl (C=O) groups is 1. The number of halogens is 3. The summed E-state index contributed by atoms with van der Waals surface area (Å²) in [5, 5.41) is 2.90. The Morgan fingerprint density at radius 3 is 2.26 bits per heavy atom. The minimum atomic E-state index is -4.15. The fourth-order valence-corrected chi connectivity index (χ4v) is 6.62. The predicted octanol–water partition coefficient (Wildman–Crippen LogP) is 8.20. The second-order valence-corrected chi connectivity index (χ2v) is 11.6. The van der Waals surface area contributed by atoms with Crippen LogP contribution >= 0.6 is 0 Å². The van der Waals surface area contributed by atoms with Crippen molar-refractivity contribution in [3.63, 3.8) is 0 Å². The molecule has 1 N–H and O–H groups in total. The lowest BCUT2D eigenvalue weighted by atomic mass is 9.69. The fourth-order valence-electron chi connectivity index (χ4n) is 6.62. The van der Waals surface area contributed by atoms with Gasteiger partial charge in [0.25, 0.3) is 0 Å². The summed E-state index contributed by atoms with van der Waals surface area (Å²) in [5.41, 5.74) is 5.30. The molecule has 0 bridgehead atoms. The number of nitrogens with one attached hydrogen (secondary N) is 1. The molecule has 0 spiro atoms. The van der Waals surface area contributed by atoms with Crippen molar-refractivity contribution in [3.8, 4) is 11.5 Å². The summed E-state index contributed by atoms with van der Waals surface area (Å²) in [7, 11) is 1.71. The van der Waals surface area contributed by atoms with Gasteiger partial charge < -0.3 is 14.8 Å². The third-order valence-electron chi connectivity index (χ3n) is 8.98. The van der Waals surface area contributed by atoms with Gasteiger partial charge in [-0.2, -0.15) is 13.2 Å². The highest BCUT2D eigenvalue weighted by atomic mass is 19.4. The van der Waals surface area contributed by atoms with Crippen LogP contribution in [0.15, 0.2) is 72.8 Å². The maximum absolute atomic E-state index is 12.9. The van der Waals surface area contributed by atoms with E-state index in [2.05, 4.69) is 66.0 Å². The largest absolute Gasteiger partial charge is 0.497 e. The van der Waals surface area contributed by atoms with Crippen molar-refractivity contribution < 1.29 is 27.4 Å². The number of hydrogen-bond acceptors (Lipinski definition) is 3. The van der Waals surface area contributed by atoms with Gasteiger partial charge in [-0.1, -0.05) is 48.5 Å². The summed E-state index contributed by atoms with van der Waals surface area (Å²) < 4.78 is 50.1. The number of aryl methyl sites for hydroxylation is 1. The molecule has 5 rings (SSSR count). The van der Waals surface area contributed by atoms with Crippen molar-refractivity contribution in [2.45, 2.75) is 69.4 Å². The number of fused-ring (bicyclic) bond motifs is 1. The second kappa shape index (κ2) is 13.7. The number of carbonyl (C=O) groups excluding carboxylic acids is 1. The maximum atomic E-state index is 12.9. The van der Waals surface area contributed by atoms with Crippen LogP contribution in [0.5, 0.6) is 11.5 Å². The van der Waals surface area contributed by atoms with Crippen molar-refractivity contribution in [2.75, 3.05) is 20.3 Å². The van der Waals surface area contributed by atoms with E-state index in [-0.39, 0.29) is 30.6 Å². The molecular weight excluding hydrogens is 539 g/mol. The van der Waals surface area contributed by atoms with Crippen LogP contribution in [0.2, 0.25) is 0 Å². The highest BCUT2D eigenvalue weighted by Gasteiger charge is 2.42. The zero-order valence-electron chi connectivity index (χ0n) is 24.2. The number of amides is 1. The van der Waals surface area contributed by atoms with E-state index in [1.54, 1.807) is 7.11 Å². The van der Waals surface area contributed by atoms with Gasteiger partial charge in [0.05, 0.1) is 19.6 Å². The number of benzene rings is 3. The third kappa shape index (κ3) is 7.29. The van der Waals surface area contributed by atoms with Crippen molar-refractivity contribution in [1.29, 1.82) is 0 Å². The lowest BCUT2D eigenvalue weighted by Gasteiger charge is -2.35. The lowest BCUT2D eigenvalue weighted by molar-refractivity contribution is -0.184. The van der Waals surface area contributed by atoms with Gasteiger partial charge in [-0.15, -0.1) is 0 Å². The number of ether oxygens (including phenoxy) is 2. The van der Waals surface area contributed by atoms with Gasteiger partial charge in [0, 0.05) is 18.4 Å². The zero-order valence-corrected chi connectivity index (χ0v) is 24.2. The summed E-state index contributed by atoms with van der Waals surface area (Å²) in [5.74, 6) is 0.632. The molecule has 2 aliphatic carbocycles. The normalized spacial score (nSPS) is 22.2. The number of alkyl halides is 3. The Labute approximate surface area is 246 Å². The van der Waals surface area contributed by atoms with Crippen LogP contribution in [0.4, 0.5) is 13.2 Å². The summed E-state index contributed by atoms with van der Waals surface area (Å²) in [6.45, 7) is 1.04. The molecule has 4 nitrogen and oxygen atoms in total. The van der Waals surface area contributed by atoms with Gasteiger partial charge in [0.2, 0.25) is 5.91 Å². The standard InChI is InChI=1S/C35H40F3NO3/c1-41-30-18-20-32-27(23-30)13-19-31(24-7-3-2-4-8-24)33(32)25-11-16-29(17-12-25)42-22-6-5-21-39-34(40)26-9-14-28(15-10-26)35(36,37)38/h2-4,7-8,11-12,16-18,20,23,26,28,31,33H,5-6,9-10,13-15,19,21-22H2,1H3,(H,39,40)/t26-,28-,31?,33?. The SMILES string of the molecule is COc1ccc2c(c1)CCC(c1ccccc1)C2c1ccc(OCCCCNC(=O)[C@H]2CC[C@H](C(F)(F)F)CC2)cc1. The molecule has 0 radical (unpaired) electrons. The minimum Gasteiger partial charge on any atom is -0.497 e. The third-order valence-corrected chi connectivity index (χ3v) is 8.98. The molecule has 224 valence electrons. The van der Waals surface area contributed by atoms with Crippen molar-refractivity contribution in [2.24, 2.45) is 11.8 Å². The van der Waals surface area contributed by atoms with Crippen LogP contribution in [0, 0.1) is 11.8 Å². The number of methoxy groups -OCH3 is 1. The Bertz CT molecular complexity index is 1300. The Hall–Kier alpha value is -3.48. The average molecular weight is 580 g/mol. The monoisotopic (exact) mass is 579 g/mol. The summed E-state index contributed by atoms with van der Waals surface area (Å²) in [6.07, 6.45) is 0.166. The maximum Gasteiger partial charge on any atom is 0.391 e. The summed E-state index contributed by atoms with van der Waals surface area (Å²) in [6, 6.07) is 25.6. The number of hydrogen-bond donors (Lipinski definition) is 1. The second-order valence-electron chi connectivity index (χ2n) is 11.6. The van der Waals surface area contributed by atoms with Gasteiger partial charge in [-0.05, 0) is 104 Å². The zero-order chi connectivity index (χ0) is 29.5. The highest BCUT2D eigenvalue weighted by Crippen LogP contribution is 2.47. The molecule has 1 amide bonds. The minimum absolute atomic E-state index is 0.0448. The molecule has 2 atom stereocenters. The first-order valence-electron chi connectivity index (χ1n) is 15.1. The molecule has 1 fully saturated rings. The van der Waals surface area contributed by atoms with E-state index in [1.807, 2.05) is 12.1 Å². The van der Waals surface area contributed by atoms with Crippen LogP contribution in [-0.4, -0.2) is 32.3 Å². The first-order valence-corrected chi connectivity index (χ1v) is 15.1. The van der Waals surface area contributed by atoms with E-state index < -0.39 is 12.1 Å². The lowest BCUT2D eigenvalue weighted by Crippen LogP contribution is -2.36. The van der Waals surface area contributed by atoms with Gasteiger partial charge >= 0.3 is 6.18 Å². The van der Waals surface area contributed by atoms with Gasteiger partial charge in [0.1, 0.15) is 11.5 Å². The van der Waals surface area contributed by atoms with Crippen molar-refractivity contribution in [3.05, 3.63) is 95.1 Å². The fraction of sp³-hybridized carbons (Fsp3) is 0.457. The first kappa shape index (κ1) is 30.0. The average Bonchev–Trinajstić information content (AvgIpc) is 3.02. The van der Waals surface area contributed by atoms with E-state index in [4.69, 9.17) is 9.47 Å². The highest BCUT2D eigenvalue weighted by molar-refractivity contribution is 5.78. The first-order chi connectivity index (χ1) is 20.3. The van der Waals surface area contributed by atoms with Crippen LogP contribution < -0.4 is 14.8 Å². The van der Waals surface area contributed by atoms with Crippen LogP contribution in [-0.2, 0) is 11.2 Å². The van der Waals surface area contributed by atoms with E-state index in [0.717, 1.165) is 37.2 Å². The quantitative estimate of drug-likeness (QED) is 0.246. The summed E-state index contributed by atoms with van der Waals surface area (Å²) in [4.78, 5) is 12.4. The van der Waals surface area contributed by atoms with Crippen LogP contribution in [0.1, 0.15) is 79.0 Å². The molecule has 42 heavy (non-hydrogen) atoms. The van der Waals surface area contributed by atoms with Gasteiger partial charge in [-0.3, -0.25) is 4.79 Å². The molecule has 3 aromatic carbocycles. The Morgan fingerprint density at radius 2 is 1.57 bits per heavy atom. The topological polar surface area (TPSA) is 47.6 Å². The van der Waals surface area contributed by atoms with Crippen molar-refractivity contribution >= 4 is 5.91 Å². The Balaban J connectivity index is 1.12. The summed E-state index contributed by atoms with van der Waals surface area (Å²) >= 11 is 0. The van der Waals surface area contributed by atoms with Crippen LogP contribution in [0.3, 0.4) is 0 Å². The molecule has 1 saturated carbocycles. The number of rotatable bonds is 10. The van der Waals surface area contributed by atoms with Crippen LogP contribution in [0.25, 0.3) is 0 Å². The predicted molar refractivity (Wildman–Crippen MR) is 158 cm³/mol. The smallest absolute Gasteiger partial charge is 0.391 e. The molecule has 3 aromatic rings. The Kier molecular flexibility index (Phi) is 9.76. The molecule has 2 unspecified atom stereocenters. The molecule has 0 aliphatic heterocycles. The molecule has 2 aliphatic rings. The molecular formula is C35H40F3NO3. The molecule has 0 aromatic heterocycles. The van der Waals surface area contributed by atoms with Gasteiger partial charge in [-0.25, -0.2) is 0 Å². The molecule has 7 heteroatoms. The van der Waals surface area contributed by atoms with E-state index >= 15 is 0 Å². The van der Waals surface area contributed by atoms with E-state index in [0.29, 0.717) is 31.9 Å². The van der Waals surface area contributed by atoms with Crippen molar-refractivity contribution in [1.82, 2.24) is 5.32 Å². The van der Waals surface area contributed by atoms with E-state index in [9.17, 15) is 18.0 Å².